The first kappa shape index (κ1) is 13.5. The smallest absolute Gasteiger partial charge is 0.360 e. The van der Waals surface area contributed by atoms with E-state index in [4.69, 9.17) is 4.74 Å². The summed E-state index contributed by atoms with van der Waals surface area (Å²) in [6.45, 7) is 5.92. The number of nitrogens with zero attached hydrogens (tertiary/aromatic N) is 3. The zero-order chi connectivity index (χ0) is 14.8. The summed E-state index contributed by atoms with van der Waals surface area (Å²) in [6.07, 6.45) is 4.34. The molecule has 2 aromatic rings. The van der Waals surface area contributed by atoms with Crippen LogP contribution in [-0.4, -0.2) is 27.6 Å². The molecule has 21 heavy (non-hydrogen) atoms. The average Bonchev–Trinajstić information content (AvgIpc) is 2.92. The van der Waals surface area contributed by atoms with Gasteiger partial charge in [-0.1, -0.05) is 23.4 Å². The SMILES string of the molecule is C=CCc1cccc2c1CCc1c(C(=O)OCC)nnn1-2. The van der Waals surface area contributed by atoms with Crippen molar-refractivity contribution in [3.8, 4) is 5.69 Å². The van der Waals surface area contributed by atoms with Gasteiger partial charge >= 0.3 is 5.97 Å². The fourth-order valence-corrected chi connectivity index (χ4v) is 2.78. The molecular formula is C16H17N3O2. The van der Waals surface area contributed by atoms with E-state index < -0.39 is 5.97 Å². The molecule has 0 bridgehead atoms. The summed E-state index contributed by atoms with van der Waals surface area (Å²) in [4.78, 5) is 11.9. The molecule has 0 fully saturated rings. The van der Waals surface area contributed by atoms with Gasteiger partial charge in [0.2, 0.25) is 0 Å². The molecule has 0 saturated heterocycles. The molecule has 0 atom stereocenters. The second kappa shape index (κ2) is 5.52. The molecular weight excluding hydrogens is 266 g/mol. The number of carbonyl (C=O) groups excluding carboxylic acids is 1. The van der Waals surface area contributed by atoms with Crippen LogP contribution in [0.1, 0.15) is 34.2 Å². The molecule has 5 heteroatoms. The van der Waals surface area contributed by atoms with Crippen molar-refractivity contribution in [2.24, 2.45) is 0 Å². The number of hydrogen-bond donors (Lipinski definition) is 0. The molecule has 0 radical (unpaired) electrons. The quantitative estimate of drug-likeness (QED) is 0.638. The Morgan fingerprint density at radius 1 is 1.48 bits per heavy atom. The van der Waals surface area contributed by atoms with Crippen LogP contribution in [0.2, 0.25) is 0 Å². The van der Waals surface area contributed by atoms with Gasteiger partial charge in [0.15, 0.2) is 5.69 Å². The normalized spacial score (nSPS) is 12.4. The number of hydrogen-bond acceptors (Lipinski definition) is 4. The second-order valence-electron chi connectivity index (χ2n) is 4.92. The molecule has 3 rings (SSSR count). The molecule has 0 N–H and O–H groups in total. The molecule has 2 heterocycles. The summed E-state index contributed by atoms with van der Waals surface area (Å²) in [5, 5.41) is 8.15. The van der Waals surface area contributed by atoms with E-state index in [0.717, 1.165) is 30.6 Å². The zero-order valence-electron chi connectivity index (χ0n) is 12.0. The number of aromatic nitrogens is 3. The second-order valence-corrected chi connectivity index (χ2v) is 4.92. The Labute approximate surface area is 123 Å². The lowest BCUT2D eigenvalue weighted by Crippen LogP contribution is -2.17. The minimum absolute atomic E-state index is 0.330. The molecule has 1 aromatic heterocycles. The van der Waals surface area contributed by atoms with Gasteiger partial charge in [-0.25, -0.2) is 9.48 Å². The van der Waals surface area contributed by atoms with E-state index >= 15 is 0 Å². The standard InChI is InChI=1S/C16H17N3O2/c1-3-6-11-7-5-8-13-12(11)9-10-14-15(16(20)21-4-2)17-18-19(13)14/h3,5,7-8H,1,4,6,9-10H2,2H3. The third kappa shape index (κ3) is 2.24. The fourth-order valence-electron chi connectivity index (χ4n) is 2.78. The van der Waals surface area contributed by atoms with Crippen molar-refractivity contribution in [3.05, 3.63) is 53.4 Å². The lowest BCUT2D eigenvalue weighted by molar-refractivity contribution is 0.0518. The van der Waals surface area contributed by atoms with Gasteiger partial charge in [-0.15, -0.1) is 11.7 Å². The van der Waals surface area contributed by atoms with Gasteiger partial charge < -0.3 is 4.74 Å². The summed E-state index contributed by atoms with van der Waals surface area (Å²) >= 11 is 0. The molecule has 0 amide bonds. The van der Waals surface area contributed by atoms with Gasteiger partial charge in [0, 0.05) is 0 Å². The van der Waals surface area contributed by atoms with Gasteiger partial charge in [0.25, 0.3) is 0 Å². The van der Waals surface area contributed by atoms with Crippen molar-refractivity contribution < 1.29 is 9.53 Å². The average molecular weight is 283 g/mol. The highest BCUT2D eigenvalue weighted by Gasteiger charge is 2.26. The molecule has 1 aliphatic rings. The Kier molecular flexibility index (Phi) is 3.56. The monoisotopic (exact) mass is 283 g/mol. The molecule has 108 valence electrons. The third-order valence-electron chi connectivity index (χ3n) is 3.68. The van der Waals surface area contributed by atoms with Crippen molar-refractivity contribution in [3.63, 3.8) is 0 Å². The predicted molar refractivity (Wildman–Crippen MR) is 78.6 cm³/mol. The van der Waals surface area contributed by atoms with E-state index in [1.165, 1.54) is 11.1 Å². The van der Waals surface area contributed by atoms with E-state index in [9.17, 15) is 4.79 Å². The minimum Gasteiger partial charge on any atom is -0.461 e. The maximum atomic E-state index is 11.9. The van der Waals surface area contributed by atoms with Crippen molar-refractivity contribution in [1.82, 2.24) is 15.0 Å². The largest absolute Gasteiger partial charge is 0.461 e. The van der Waals surface area contributed by atoms with Crippen LogP contribution in [0.3, 0.4) is 0 Å². The van der Waals surface area contributed by atoms with Crippen molar-refractivity contribution >= 4 is 5.97 Å². The Morgan fingerprint density at radius 3 is 3.10 bits per heavy atom. The number of carbonyl (C=O) groups is 1. The molecule has 1 aliphatic heterocycles. The van der Waals surface area contributed by atoms with Crippen LogP contribution in [0, 0.1) is 0 Å². The summed E-state index contributed by atoms with van der Waals surface area (Å²) in [7, 11) is 0. The number of ether oxygens (including phenoxy) is 1. The van der Waals surface area contributed by atoms with Gasteiger partial charge in [0.05, 0.1) is 18.0 Å². The van der Waals surface area contributed by atoms with Gasteiger partial charge in [-0.05, 0) is 43.4 Å². The molecule has 0 unspecified atom stereocenters. The maximum absolute atomic E-state index is 11.9. The van der Waals surface area contributed by atoms with E-state index in [1.54, 1.807) is 11.6 Å². The molecule has 5 nitrogen and oxygen atoms in total. The first-order chi connectivity index (χ1) is 10.3. The summed E-state index contributed by atoms with van der Waals surface area (Å²) in [5.74, 6) is -0.399. The number of esters is 1. The third-order valence-corrected chi connectivity index (χ3v) is 3.68. The Balaban J connectivity index is 2.06. The van der Waals surface area contributed by atoms with Crippen LogP contribution in [-0.2, 0) is 24.0 Å². The lowest BCUT2D eigenvalue weighted by Gasteiger charge is -2.20. The highest BCUT2D eigenvalue weighted by atomic mass is 16.5. The molecule has 0 aliphatic carbocycles. The highest BCUT2D eigenvalue weighted by Crippen LogP contribution is 2.28. The number of fused-ring (bicyclic) bond motifs is 3. The maximum Gasteiger partial charge on any atom is 0.360 e. The highest BCUT2D eigenvalue weighted by molar-refractivity contribution is 5.88. The summed E-state index contributed by atoms with van der Waals surface area (Å²) in [5.41, 5.74) is 4.67. The number of rotatable bonds is 4. The van der Waals surface area contributed by atoms with Gasteiger partial charge in [-0.3, -0.25) is 0 Å². The topological polar surface area (TPSA) is 57.0 Å². The summed E-state index contributed by atoms with van der Waals surface area (Å²) < 4.78 is 6.80. The minimum atomic E-state index is -0.399. The van der Waals surface area contributed by atoms with Crippen LogP contribution in [0.15, 0.2) is 30.9 Å². The Bertz CT molecular complexity index is 704. The van der Waals surface area contributed by atoms with E-state index in [-0.39, 0.29) is 0 Å². The fraction of sp³-hybridized carbons (Fsp3) is 0.312. The van der Waals surface area contributed by atoms with Gasteiger partial charge in [0.1, 0.15) is 0 Å². The Morgan fingerprint density at radius 2 is 2.33 bits per heavy atom. The van der Waals surface area contributed by atoms with Crippen molar-refractivity contribution in [2.45, 2.75) is 26.2 Å². The Hall–Kier alpha value is -2.43. The van der Waals surface area contributed by atoms with Crippen LogP contribution < -0.4 is 0 Å². The number of allylic oxidation sites excluding steroid dienone is 1. The van der Waals surface area contributed by atoms with E-state index in [0.29, 0.717) is 12.3 Å². The number of benzene rings is 1. The van der Waals surface area contributed by atoms with E-state index in [1.807, 2.05) is 18.2 Å². The van der Waals surface area contributed by atoms with Crippen LogP contribution in [0.4, 0.5) is 0 Å². The van der Waals surface area contributed by atoms with E-state index in [2.05, 4.69) is 23.0 Å². The van der Waals surface area contributed by atoms with Crippen molar-refractivity contribution in [2.75, 3.05) is 6.61 Å². The van der Waals surface area contributed by atoms with Crippen molar-refractivity contribution in [1.29, 1.82) is 0 Å². The first-order valence-corrected chi connectivity index (χ1v) is 7.10. The molecule has 0 spiro atoms. The van der Waals surface area contributed by atoms with Crippen LogP contribution in [0.25, 0.3) is 5.69 Å². The van der Waals surface area contributed by atoms with Crippen LogP contribution >= 0.6 is 0 Å². The van der Waals surface area contributed by atoms with Gasteiger partial charge in [-0.2, -0.15) is 0 Å². The predicted octanol–water partition coefficient (Wildman–Crippen LogP) is 2.27. The molecule has 1 aromatic carbocycles. The summed E-state index contributed by atoms with van der Waals surface area (Å²) in [6, 6.07) is 6.11. The van der Waals surface area contributed by atoms with Crippen LogP contribution in [0.5, 0.6) is 0 Å². The lowest BCUT2D eigenvalue weighted by atomic mass is 9.94. The zero-order valence-corrected chi connectivity index (χ0v) is 12.0. The molecule has 0 saturated carbocycles. The first-order valence-electron chi connectivity index (χ1n) is 7.10.